The van der Waals surface area contributed by atoms with Gasteiger partial charge in [-0.05, 0) is 66.5 Å². The molecule has 0 aliphatic heterocycles. The molecule has 0 bridgehead atoms. The molecule has 3 rings (SSSR count). The summed E-state index contributed by atoms with van der Waals surface area (Å²) in [6.45, 7) is 5.59. The predicted octanol–water partition coefficient (Wildman–Crippen LogP) is 4.52. The van der Waals surface area contributed by atoms with Gasteiger partial charge in [-0.2, -0.15) is 0 Å². The zero-order chi connectivity index (χ0) is 19.4. The Balaban J connectivity index is 1.71. The van der Waals surface area contributed by atoms with Gasteiger partial charge in [0.05, 0.1) is 7.11 Å². The Kier molecular flexibility index (Phi) is 5.85. The van der Waals surface area contributed by atoms with Crippen molar-refractivity contribution >= 4 is 5.91 Å². The molecule has 0 radical (unpaired) electrons. The number of amides is 1. The van der Waals surface area contributed by atoms with Crippen LogP contribution >= 0.6 is 0 Å². The van der Waals surface area contributed by atoms with Gasteiger partial charge in [0.25, 0.3) is 0 Å². The van der Waals surface area contributed by atoms with E-state index in [9.17, 15) is 4.79 Å². The summed E-state index contributed by atoms with van der Waals surface area (Å²) in [7, 11) is 1.61. The summed E-state index contributed by atoms with van der Waals surface area (Å²) >= 11 is 0. The quantitative estimate of drug-likeness (QED) is 0.790. The molecular formula is C23H30N2O2. The predicted molar refractivity (Wildman–Crippen MR) is 110 cm³/mol. The molecule has 0 spiro atoms. The summed E-state index contributed by atoms with van der Waals surface area (Å²) in [4.78, 5) is 11.4. The van der Waals surface area contributed by atoms with Crippen molar-refractivity contribution < 1.29 is 9.53 Å². The van der Waals surface area contributed by atoms with Crippen molar-refractivity contribution in [1.82, 2.24) is 5.32 Å². The average Bonchev–Trinajstić information content (AvgIpc) is 2.66. The number of hydrogen-bond acceptors (Lipinski definition) is 3. The van der Waals surface area contributed by atoms with E-state index in [1.807, 2.05) is 6.07 Å². The zero-order valence-electron chi connectivity index (χ0n) is 16.5. The highest BCUT2D eigenvalue weighted by atomic mass is 16.5. The molecule has 2 aromatic carbocycles. The van der Waals surface area contributed by atoms with Crippen LogP contribution < -0.4 is 15.8 Å². The minimum atomic E-state index is -0.450. The van der Waals surface area contributed by atoms with Crippen LogP contribution in [0.1, 0.15) is 55.5 Å². The first kappa shape index (κ1) is 19.4. The van der Waals surface area contributed by atoms with Crippen LogP contribution in [0.25, 0.3) is 11.1 Å². The number of primary amides is 1. The van der Waals surface area contributed by atoms with Gasteiger partial charge in [-0.25, -0.2) is 0 Å². The number of ether oxygens (including phenoxy) is 1. The minimum absolute atomic E-state index is 0.450. The lowest BCUT2D eigenvalue weighted by Gasteiger charge is -2.34. The van der Waals surface area contributed by atoms with Crippen LogP contribution in [-0.4, -0.2) is 19.1 Å². The van der Waals surface area contributed by atoms with Crippen LogP contribution in [0.5, 0.6) is 5.75 Å². The van der Waals surface area contributed by atoms with Crippen LogP contribution in [0.15, 0.2) is 42.5 Å². The largest absolute Gasteiger partial charge is 0.496 e. The number of carbonyl (C=O) groups is 1. The van der Waals surface area contributed by atoms with Crippen molar-refractivity contribution in [1.29, 1.82) is 0 Å². The third kappa shape index (κ3) is 4.89. The number of rotatable bonds is 6. The van der Waals surface area contributed by atoms with E-state index < -0.39 is 5.91 Å². The third-order valence-corrected chi connectivity index (χ3v) is 5.66. The van der Waals surface area contributed by atoms with Crippen molar-refractivity contribution in [3.63, 3.8) is 0 Å². The van der Waals surface area contributed by atoms with E-state index in [4.69, 9.17) is 10.5 Å². The molecule has 1 saturated carbocycles. The van der Waals surface area contributed by atoms with Gasteiger partial charge < -0.3 is 15.8 Å². The lowest BCUT2D eigenvalue weighted by molar-refractivity contribution is 0.1000. The first-order chi connectivity index (χ1) is 12.9. The number of nitrogens with two attached hydrogens (primary N) is 1. The normalized spacial score (nSPS) is 16.9. The van der Waals surface area contributed by atoms with Gasteiger partial charge in [0.15, 0.2) is 0 Å². The van der Waals surface area contributed by atoms with Gasteiger partial charge in [-0.15, -0.1) is 0 Å². The van der Waals surface area contributed by atoms with Gasteiger partial charge in [-0.3, -0.25) is 4.79 Å². The zero-order valence-corrected chi connectivity index (χ0v) is 16.5. The van der Waals surface area contributed by atoms with E-state index in [0.29, 0.717) is 22.8 Å². The minimum Gasteiger partial charge on any atom is -0.496 e. The van der Waals surface area contributed by atoms with E-state index in [1.54, 1.807) is 19.2 Å². The number of nitrogens with one attached hydrogen (secondary N) is 1. The summed E-state index contributed by atoms with van der Waals surface area (Å²) in [6, 6.07) is 14.4. The van der Waals surface area contributed by atoms with Crippen LogP contribution in [-0.2, 0) is 6.54 Å². The first-order valence-corrected chi connectivity index (χ1v) is 9.68. The molecule has 4 nitrogen and oxygen atoms in total. The smallest absolute Gasteiger partial charge is 0.248 e. The Morgan fingerprint density at radius 1 is 1.19 bits per heavy atom. The van der Waals surface area contributed by atoms with Gasteiger partial charge in [0.2, 0.25) is 5.91 Å². The Labute approximate surface area is 162 Å². The molecule has 1 amide bonds. The molecule has 144 valence electrons. The van der Waals surface area contributed by atoms with E-state index in [0.717, 1.165) is 17.7 Å². The summed E-state index contributed by atoms with van der Waals surface area (Å²) < 4.78 is 5.48. The Hall–Kier alpha value is -2.33. The molecule has 0 unspecified atom stereocenters. The lowest BCUT2D eigenvalue weighted by atomic mass is 9.75. The Morgan fingerprint density at radius 2 is 1.93 bits per heavy atom. The fraction of sp³-hybridized carbons (Fsp3) is 0.435. The van der Waals surface area contributed by atoms with Crippen LogP contribution in [0, 0.1) is 5.41 Å². The topological polar surface area (TPSA) is 64.3 Å². The fourth-order valence-corrected chi connectivity index (χ4v) is 3.80. The molecule has 2 aromatic rings. The SMILES string of the molecule is COc1cc(C(N)=O)ccc1-c1cccc(CNC2CCC(C)(C)CC2)c1. The van der Waals surface area contributed by atoms with E-state index in [-0.39, 0.29) is 0 Å². The molecule has 4 heteroatoms. The fourth-order valence-electron chi connectivity index (χ4n) is 3.80. The second-order valence-electron chi connectivity index (χ2n) is 8.30. The molecule has 0 heterocycles. The molecule has 1 aliphatic rings. The maximum atomic E-state index is 11.4. The molecule has 0 saturated heterocycles. The van der Waals surface area contributed by atoms with Crippen LogP contribution in [0.2, 0.25) is 0 Å². The number of methoxy groups -OCH3 is 1. The highest BCUT2D eigenvalue weighted by molar-refractivity contribution is 5.94. The maximum Gasteiger partial charge on any atom is 0.248 e. The molecule has 3 N–H and O–H groups in total. The summed E-state index contributed by atoms with van der Waals surface area (Å²) in [5.41, 5.74) is 9.61. The van der Waals surface area contributed by atoms with Crippen LogP contribution in [0.3, 0.4) is 0 Å². The molecular weight excluding hydrogens is 336 g/mol. The Bertz CT molecular complexity index is 804. The molecule has 0 aromatic heterocycles. The molecule has 27 heavy (non-hydrogen) atoms. The van der Waals surface area contributed by atoms with E-state index in [1.165, 1.54) is 31.2 Å². The molecule has 1 fully saturated rings. The highest BCUT2D eigenvalue weighted by Crippen LogP contribution is 2.35. The lowest BCUT2D eigenvalue weighted by Crippen LogP contribution is -2.35. The monoisotopic (exact) mass is 366 g/mol. The third-order valence-electron chi connectivity index (χ3n) is 5.66. The maximum absolute atomic E-state index is 11.4. The van der Waals surface area contributed by atoms with E-state index in [2.05, 4.69) is 43.4 Å². The summed E-state index contributed by atoms with van der Waals surface area (Å²) in [5, 5.41) is 3.71. The summed E-state index contributed by atoms with van der Waals surface area (Å²) in [5.74, 6) is 0.208. The van der Waals surface area contributed by atoms with Crippen molar-refractivity contribution in [2.75, 3.05) is 7.11 Å². The van der Waals surface area contributed by atoms with Gasteiger partial charge >= 0.3 is 0 Å². The van der Waals surface area contributed by atoms with Crippen molar-refractivity contribution in [2.45, 2.75) is 52.1 Å². The van der Waals surface area contributed by atoms with Gasteiger partial charge in [-0.1, -0.05) is 32.0 Å². The number of hydrogen-bond donors (Lipinski definition) is 2. The second kappa shape index (κ2) is 8.13. The number of benzene rings is 2. The highest BCUT2D eigenvalue weighted by Gasteiger charge is 2.26. The van der Waals surface area contributed by atoms with Crippen molar-refractivity contribution in [3.05, 3.63) is 53.6 Å². The second-order valence-corrected chi connectivity index (χ2v) is 8.30. The molecule has 1 aliphatic carbocycles. The van der Waals surface area contributed by atoms with Crippen molar-refractivity contribution in [3.8, 4) is 16.9 Å². The standard InChI is InChI=1S/C23H30N2O2/c1-23(2)11-9-19(10-12-23)25-15-16-5-4-6-17(13-16)20-8-7-18(22(24)26)14-21(20)27-3/h4-8,13-14,19,25H,9-12,15H2,1-3H3,(H2,24,26). The average molecular weight is 367 g/mol. The van der Waals surface area contributed by atoms with Gasteiger partial charge in [0.1, 0.15) is 5.75 Å². The first-order valence-electron chi connectivity index (χ1n) is 9.68. The van der Waals surface area contributed by atoms with Crippen molar-refractivity contribution in [2.24, 2.45) is 11.1 Å². The molecule has 0 atom stereocenters. The summed E-state index contributed by atoms with van der Waals surface area (Å²) in [6.07, 6.45) is 5.06. The van der Waals surface area contributed by atoms with E-state index >= 15 is 0 Å². The van der Waals surface area contributed by atoms with Crippen LogP contribution in [0.4, 0.5) is 0 Å². The van der Waals surface area contributed by atoms with Gasteiger partial charge in [0, 0.05) is 23.7 Å². The Morgan fingerprint density at radius 3 is 2.59 bits per heavy atom. The number of carbonyl (C=O) groups excluding carboxylic acids is 1.